The van der Waals surface area contributed by atoms with Crippen LogP contribution in [0.25, 0.3) is 10.9 Å². The minimum Gasteiger partial charge on any atom is -0.486 e. The van der Waals surface area contributed by atoms with Crippen molar-refractivity contribution in [3.8, 4) is 5.75 Å². The zero-order chi connectivity index (χ0) is 28.6. The van der Waals surface area contributed by atoms with Crippen LogP contribution in [-0.4, -0.2) is 86.6 Å². The molecule has 40 heavy (non-hydrogen) atoms. The second-order valence-electron chi connectivity index (χ2n) is 10.3. The van der Waals surface area contributed by atoms with Gasteiger partial charge in [-0.15, -0.1) is 0 Å². The fourth-order valence-electron chi connectivity index (χ4n) is 5.18. The van der Waals surface area contributed by atoms with E-state index in [1.165, 1.54) is 22.5 Å². The third-order valence-corrected chi connectivity index (χ3v) is 10.2. The van der Waals surface area contributed by atoms with Crippen molar-refractivity contribution in [1.29, 1.82) is 0 Å². The summed E-state index contributed by atoms with van der Waals surface area (Å²) in [4.78, 5) is 4.22. The van der Waals surface area contributed by atoms with E-state index in [-0.39, 0.29) is 28.1 Å². The van der Waals surface area contributed by atoms with Gasteiger partial charge in [-0.05, 0) is 55.7 Å². The van der Waals surface area contributed by atoms with Crippen molar-refractivity contribution < 1.29 is 36.5 Å². The number of aromatic nitrogens is 1. The van der Waals surface area contributed by atoms with Gasteiger partial charge in [0, 0.05) is 30.7 Å². The van der Waals surface area contributed by atoms with Gasteiger partial charge in [0.2, 0.25) is 25.8 Å². The maximum Gasteiger partial charge on any atom is 0.243 e. The predicted molar refractivity (Wildman–Crippen MR) is 145 cm³/mol. The van der Waals surface area contributed by atoms with Gasteiger partial charge >= 0.3 is 0 Å². The van der Waals surface area contributed by atoms with Crippen LogP contribution in [0.3, 0.4) is 0 Å². The highest BCUT2D eigenvalue weighted by molar-refractivity contribution is 7.89. The number of aliphatic hydroxyl groups is 2. The molecule has 3 heterocycles. The van der Waals surface area contributed by atoms with Crippen molar-refractivity contribution >= 4 is 30.9 Å². The van der Waals surface area contributed by atoms with E-state index in [1.54, 1.807) is 36.5 Å². The van der Waals surface area contributed by atoms with Crippen molar-refractivity contribution in [3.63, 3.8) is 0 Å². The third kappa shape index (κ3) is 6.29. The van der Waals surface area contributed by atoms with Gasteiger partial charge < -0.3 is 25.0 Å². The van der Waals surface area contributed by atoms with Crippen LogP contribution in [0.5, 0.6) is 5.75 Å². The van der Waals surface area contributed by atoms with Gasteiger partial charge in [-0.3, -0.25) is 4.98 Å². The van der Waals surface area contributed by atoms with Crippen molar-refractivity contribution in [1.82, 2.24) is 14.6 Å². The SMILES string of the molecule is NS(=O)(=O)c1ccccc1OCC(O)(O)CN[C@H]1COC2(CCN(S(=O)(=O)c3ccc4ncccc4c3)CC2)C1. The Labute approximate surface area is 232 Å². The summed E-state index contributed by atoms with van der Waals surface area (Å²) in [6.07, 6.45) is 3.26. The number of nitrogens with two attached hydrogens (primary N) is 1. The topological polar surface area (TPSA) is 181 Å². The van der Waals surface area contributed by atoms with Crippen molar-refractivity contribution in [2.45, 2.75) is 46.5 Å². The molecule has 2 fully saturated rings. The summed E-state index contributed by atoms with van der Waals surface area (Å²) in [6, 6.07) is 14.0. The molecule has 1 aromatic heterocycles. The second kappa shape index (κ2) is 10.9. The normalized spacial score (nSPS) is 20.2. The number of sulfonamides is 2. The Morgan fingerprint density at radius 1 is 1.10 bits per heavy atom. The minimum absolute atomic E-state index is 0.0808. The van der Waals surface area contributed by atoms with Gasteiger partial charge in [0.15, 0.2) is 0 Å². The summed E-state index contributed by atoms with van der Waals surface area (Å²) in [5.74, 6) is -2.38. The Bertz CT molecular complexity index is 1590. The highest BCUT2D eigenvalue weighted by Gasteiger charge is 2.45. The van der Waals surface area contributed by atoms with E-state index in [9.17, 15) is 27.0 Å². The lowest BCUT2D eigenvalue weighted by molar-refractivity contribution is -0.178. The van der Waals surface area contributed by atoms with E-state index < -0.39 is 38.0 Å². The Kier molecular flexibility index (Phi) is 7.89. The largest absolute Gasteiger partial charge is 0.486 e. The van der Waals surface area contributed by atoms with Gasteiger partial charge in [-0.2, -0.15) is 4.31 Å². The zero-order valence-electron chi connectivity index (χ0n) is 21.6. The highest BCUT2D eigenvalue weighted by Crippen LogP contribution is 2.37. The molecule has 216 valence electrons. The molecule has 1 atom stereocenters. The van der Waals surface area contributed by atoms with E-state index in [0.717, 1.165) is 10.9 Å². The number of hydrogen-bond donors (Lipinski definition) is 4. The standard InChI is InChI=1S/C26H32N4O8S2/c27-39(33,34)24-6-2-1-5-23(24)37-18-26(31,32)17-29-20-15-25(38-16-20)9-12-30(13-10-25)40(35,36)21-7-8-22-19(14-21)4-3-11-28-22/h1-8,11,14,20,29,31-32H,9-10,12-13,15-18H2,(H2,27,33,34)/t20-/m1/s1. The number of pyridine rings is 1. The molecule has 0 unspecified atom stereocenters. The summed E-state index contributed by atoms with van der Waals surface area (Å²) < 4.78 is 63.0. The molecule has 1 spiro atoms. The molecule has 5 rings (SSSR count). The van der Waals surface area contributed by atoms with E-state index >= 15 is 0 Å². The lowest BCUT2D eigenvalue weighted by Gasteiger charge is -2.38. The number of hydrogen-bond acceptors (Lipinski definition) is 10. The second-order valence-corrected chi connectivity index (χ2v) is 13.8. The molecule has 3 aromatic rings. The maximum atomic E-state index is 13.3. The van der Waals surface area contributed by atoms with Crippen LogP contribution < -0.4 is 15.2 Å². The number of nitrogens with zero attached hydrogens (tertiary/aromatic N) is 2. The van der Waals surface area contributed by atoms with Crippen LogP contribution in [0.4, 0.5) is 0 Å². The van der Waals surface area contributed by atoms with Crippen molar-refractivity contribution in [2.24, 2.45) is 5.14 Å². The number of piperidine rings is 1. The molecule has 2 aliphatic rings. The Morgan fingerprint density at radius 3 is 2.60 bits per heavy atom. The number of para-hydroxylation sites is 1. The first kappa shape index (κ1) is 28.8. The Morgan fingerprint density at radius 2 is 1.85 bits per heavy atom. The first-order chi connectivity index (χ1) is 18.9. The molecule has 0 aliphatic carbocycles. The number of benzene rings is 2. The third-order valence-electron chi connectivity index (χ3n) is 7.34. The predicted octanol–water partition coefficient (Wildman–Crippen LogP) is 0.544. The van der Waals surface area contributed by atoms with Gasteiger partial charge in [0.25, 0.3) is 0 Å². The monoisotopic (exact) mass is 592 g/mol. The zero-order valence-corrected chi connectivity index (χ0v) is 23.3. The molecule has 0 amide bonds. The summed E-state index contributed by atoms with van der Waals surface area (Å²) in [7, 11) is -7.72. The summed E-state index contributed by atoms with van der Waals surface area (Å²) in [5.41, 5.74) is 0.224. The van der Waals surface area contributed by atoms with E-state index in [1.807, 2.05) is 6.07 Å². The first-order valence-corrected chi connectivity index (χ1v) is 15.8. The van der Waals surface area contributed by atoms with Gasteiger partial charge in [0.1, 0.15) is 17.3 Å². The summed E-state index contributed by atoms with van der Waals surface area (Å²) in [5, 5.41) is 29.8. The van der Waals surface area contributed by atoms with Gasteiger partial charge in [-0.1, -0.05) is 18.2 Å². The van der Waals surface area contributed by atoms with Crippen LogP contribution in [0.15, 0.2) is 70.6 Å². The molecule has 2 aliphatic heterocycles. The Balaban J connectivity index is 1.13. The molecule has 5 N–H and O–H groups in total. The summed E-state index contributed by atoms with van der Waals surface area (Å²) in [6.45, 7) is 0.0905. The van der Waals surface area contributed by atoms with Crippen LogP contribution in [0.1, 0.15) is 19.3 Å². The summed E-state index contributed by atoms with van der Waals surface area (Å²) >= 11 is 0. The van der Waals surface area contributed by atoms with Gasteiger partial charge in [0.05, 0.1) is 29.2 Å². The number of ether oxygens (including phenoxy) is 2. The molecule has 2 saturated heterocycles. The molecular weight excluding hydrogens is 560 g/mol. The van der Waals surface area contributed by atoms with Crippen LogP contribution in [0.2, 0.25) is 0 Å². The molecule has 12 nitrogen and oxygen atoms in total. The first-order valence-electron chi connectivity index (χ1n) is 12.8. The minimum atomic E-state index is -4.04. The maximum absolute atomic E-state index is 13.3. The number of fused-ring (bicyclic) bond motifs is 1. The average molecular weight is 593 g/mol. The fraction of sp³-hybridized carbons (Fsp3) is 0.423. The lowest BCUT2D eigenvalue weighted by Crippen LogP contribution is -2.49. The fourth-order valence-corrected chi connectivity index (χ4v) is 7.33. The Hall–Kier alpha value is -2.69. The van der Waals surface area contributed by atoms with E-state index in [0.29, 0.717) is 39.0 Å². The molecule has 14 heteroatoms. The van der Waals surface area contributed by atoms with Crippen LogP contribution in [0, 0.1) is 0 Å². The molecule has 0 radical (unpaired) electrons. The number of rotatable bonds is 9. The van der Waals surface area contributed by atoms with Crippen LogP contribution >= 0.6 is 0 Å². The molecule has 0 saturated carbocycles. The van der Waals surface area contributed by atoms with Crippen LogP contribution in [-0.2, 0) is 24.8 Å². The molecular formula is C26H32N4O8S2. The highest BCUT2D eigenvalue weighted by atomic mass is 32.2. The smallest absolute Gasteiger partial charge is 0.243 e. The average Bonchev–Trinajstić information content (AvgIpc) is 3.32. The van der Waals surface area contributed by atoms with Crippen molar-refractivity contribution in [2.75, 3.05) is 32.8 Å². The molecule has 2 aromatic carbocycles. The number of nitrogens with one attached hydrogen (secondary N) is 1. The van der Waals surface area contributed by atoms with E-state index in [4.69, 9.17) is 14.6 Å². The van der Waals surface area contributed by atoms with Crippen molar-refractivity contribution in [3.05, 3.63) is 60.8 Å². The van der Waals surface area contributed by atoms with E-state index in [2.05, 4.69) is 10.3 Å². The lowest BCUT2D eigenvalue weighted by atomic mass is 9.88. The molecule has 0 bridgehead atoms. The number of primary sulfonamides is 1. The quantitative estimate of drug-likeness (QED) is 0.256. The van der Waals surface area contributed by atoms with Gasteiger partial charge in [-0.25, -0.2) is 22.0 Å².